The lowest BCUT2D eigenvalue weighted by atomic mass is 10.1. The quantitative estimate of drug-likeness (QED) is 0.864. The van der Waals surface area contributed by atoms with Crippen molar-refractivity contribution < 1.29 is 19.0 Å². The highest BCUT2D eigenvalue weighted by molar-refractivity contribution is 5.85. The molecule has 4 nitrogen and oxygen atoms in total. The zero-order chi connectivity index (χ0) is 14.7. The number of carbonyl (C=O) groups is 1. The molecule has 1 aliphatic rings. The van der Waals surface area contributed by atoms with Gasteiger partial charge in [-0.3, -0.25) is 0 Å². The molecule has 5 heteroatoms. The smallest absolute Gasteiger partial charge is 0.328 e. The van der Waals surface area contributed by atoms with Crippen LogP contribution in [0.4, 0.5) is 10.1 Å². The lowest BCUT2D eigenvalue weighted by Crippen LogP contribution is -2.47. The standard InChI is InChI=1S/C15H18FNO3/c1-10-9-20-11(2)8-17(10)14-5-3-12(7-13(14)16)4-6-15(18)19/h3-7,10-11H,8-9H2,1-2H3,(H,18,19)/b6-4+. The summed E-state index contributed by atoms with van der Waals surface area (Å²) < 4.78 is 19.7. The van der Waals surface area contributed by atoms with Crippen molar-refractivity contribution in [3.63, 3.8) is 0 Å². The number of hydrogen-bond donors (Lipinski definition) is 1. The number of carboxylic acids is 1. The largest absolute Gasteiger partial charge is 0.478 e. The van der Waals surface area contributed by atoms with Crippen LogP contribution in [-0.2, 0) is 9.53 Å². The van der Waals surface area contributed by atoms with Gasteiger partial charge in [-0.15, -0.1) is 0 Å². The van der Waals surface area contributed by atoms with Gasteiger partial charge >= 0.3 is 5.97 Å². The van der Waals surface area contributed by atoms with E-state index in [-0.39, 0.29) is 18.0 Å². The van der Waals surface area contributed by atoms with Gasteiger partial charge in [0, 0.05) is 18.7 Å². The number of carboxylic acid groups (broad SMARTS) is 1. The zero-order valence-corrected chi connectivity index (χ0v) is 11.5. The van der Waals surface area contributed by atoms with Crippen molar-refractivity contribution >= 4 is 17.7 Å². The maximum Gasteiger partial charge on any atom is 0.328 e. The van der Waals surface area contributed by atoms with E-state index in [1.807, 2.05) is 18.7 Å². The van der Waals surface area contributed by atoms with Crippen LogP contribution in [0.25, 0.3) is 6.08 Å². The highest BCUT2D eigenvalue weighted by Gasteiger charge is 2.25. The van der Waals surface area contributed by atoms with Crippen LogP contribution in [0.3, 0.4) is 0 Å². The molecule has 0 amide bonds. The molecule has 0 saturated carbocycles. The number of anilines is 1. The fraction of sp³-hybridized carbons (Fsp3) is 0.400. The maximum atomic E-state index is 14.2. The summed E-state index contributed by atoms with van der Waals surface area (Å²) in [6, 6.07) is 4.86. The molecule has 0 spiro atoms. The van der Waals surface area contributed by atoms with Crippen LogP contribution >= 0.6 is 0 Å². The molecule has 1 heterocycles. The van der Waals surface area contributed by atoms with Crippen molar-refractivity contribution in [2.45, 2.75) is 26.0 Å². The predicted octanol–water partition coefficient (Wildman–Crippen LogP) is 2.54. The van der Waals surface area contributed by atoms with E-state index in [9.17, 15) is 9.18 Å². The third-order valence-corrected chi connectivity index (χ3v) is 3.31. The first kappa shape index (κ1) is 14.5. The Hall–Kier alpha value is -1.88. The minimum atomic E-state index is -1.05. The van der Waals surface area contributed by atoms with Gasteiger partial charge in [0.1, 0.15) is 5.82 Å². The molecular weight excluding hydrogens is 261 g/mol. The van der Waals surface area contributed by atoms with Crippen molar-refractivity contribution in [3.8, 4) is 0 Å². The molecule has 108 valence electrons. The summed E-state index contributed by atoms with van der Waals surface area (Å²) in [7, 11) is 0. The van der Waals surface area contributed by atoms with Crippen molar-refractivity contribution in [1.29, 1.82) is 0 Å². The third kappa shape index (κ3) is 3.36. The molecule has 2 rings (SSSR count). The predicted molar refractivity (Wildman–Crippen MR) is 75.3 cm³/mol. The first-order chi connectivity index (χ1) is 9.47. The maximum absolute atomic E-state index is 14.2. The molecule has 1 N–H and O–H groups in total. The molecular formula is C15H18FNO3. The highest BCUT2D eigenvalue weighted by Crippen LogP contribution is 2.26. The van der Waals surface area contributed by atoms with E-state index >= 15 is 0 Å². The molecule has 0 radical (unpaired) electrons. The number of aliphatic carboxylic acids is 1. The van der Waals surface area contributed by atoms with Crippen LogP contribution in [0, 0.1) is 5.82 Å². The molecule has 1 fully saturated rings. The Bertz CT molecular complexity index is 530. The summed E-state index contributed by atoms with van der Waals surface area (Å²) in [6.07, 6.45) is 2.44. The number of halogens is 1. The first-order valence-electron chi connectivity index (χ1n) is 6.56. The van der Waals surface area contributed by atoms with Crippen LogP contribution in [0.1, 0.15) is 19.4 Å². The topological polar surface area (TPSA) is 49.8 Å². The lowest BCUT2D eigenvalue weighted by Gasteiger charge is -2.38. The molecule has 0 aromatic heterocycles. The molecule has 20 heavy (non-hydrogen) atoms. The second-order valence-electron chi connectivity index (χ2n) is 5.03. The average Bonchev–Trinajstić information content (AvgIpc) is 2.39. The second-order valence-corrected chi connectivity index (χ2v) is 5.03. The van der Waals surface area contributed by atoms with E-state index in [4.69, 9.17) is 9.84 Å². The lowest BCUT2D eigenvalue weighted by molar-refractivity contribution is -0.131. The van der Waals surface area contributed by atoms with Crippen molar-refractivity contribution in [3.05, 3.63) is 35.7 Å². The number of nitrogens with zero attached hydrogens (tertiary/aromatic N) is 1. The van der Waals surface area contributed by atoms with Crippen molar-refractivity contribution in [2.24, 2.45) is 0 Å². The summed E-state index contributed by atoms with van der Waals surface area (Å²) >= 11 is 0. The number of rotatable bonds is 3. The van der Waals surface area contributed by atoms with Crippen LogP contribution in [-0.4, -0.2) is 36.4 Å². The summed E-state index contributed by atoms with van der Waals surface area (Å²) in [6.45, 7) is 5.16. The summed E-state index contributed by atoms with van der Waals surface area (Å²) in [5.41, 5.74) is 1.06. The molecule has 1 aromatic carbocycles. The number of morpholine rings is 1. The summed E-state index contributed by atoms with van der Waals surface area (Å²) in [4.78, 5) is 12.4. The zero-order valence-electron chi connectivity index (χ0n) is 11.5. The summed E-state index contributed by atoms with van der Waals surface area (Å²) in [5, 5.41) is 8.56. The van der Waals surface area contributed by atoms with E-state index in [2.05, 4.69) is 0 Å². The van der Waals surface area contributed by atoms with Crippen LogP contribution in [0.15, 0.2) is 24.3 Å². The van der Waals surface area contributed by atoms with E-state index in [1.54, 1.807) is 12.1 Å². The van der Waals surface area contributed by atoms with Gasteiger partial charge in [0.15, 0.2) is 0 Å². The number of hydrogen-bond acceptors (Lipinski definition) is 3. The van der Waals surface area contributed by atoms with E-state index < -0.39 is 5.97 Å². The molecule has 0 bridgehead atoms. The Morgan fingerprint density at radius 1 is 1.50 bits per heavy atom. The van der Waals surface area contributed by atoms with Crippen molar-refractivity contribution in [2.75, 3.05) is 18.1 Å². The minimum Gasteiger partial charge on any atom is -0.478 e. The van der Waals surface area contributed by atoms with Crippen LogP contribution in [0.5, 0.6) is 0 Å². The van der Waals surface area contributed by atoms with E-state index in [1.165, 1.54) is 12.1 Å². The van der Waals surface area contributed by atoms with Gasteiger partial charge in [-0.05, 0) is 37.6 Å². The molecule has 2 atom stereocenters. The van der Waals surface area contributed by atoms with E-state index in [0.717, 1.165) is 6.08 Å². The SMILES string of the molecule is CC1CN(c2ccc(/C=C/C(=O)O)cc2F)C(C)CO1. The van der Waals surface area contributed by atoms with Gasteiger partial charge in [0.2, 0.25) is 0 Å². The van der Waals surface area contributed by atoms with Gasteiger partial charge < -0.3 is 14.7 Å². The van der Waals surface area contributed by atoms with E-state index in [0.29, 0.717) is 24.4 Å². The highest BCUT2D eigenvalue weighted by atomic mass is 19.1. The van der Waals surface area contributed by atoms with Crippen molar-refractivity contribution in [1.82, 2.24) is 0 Å². The van der Waals surface area contributed by atoms with Gasteiger partial charge in [0.05, 0.1) is 18.4 Å². The minimum absolute atomic E-state index is 0.0668. The Labute approximate surface area is 117 Å². The molecule has 1 aromatic rings. The third-order valence-electron chi connectivity index (χ3n) is 3.31. The fourth-order valence-corrected chi connectivity index (χ4v) is 2.27. The average molecular weight is 279 g/mol. The molecule has 2 unspecified atom stereocenters. The Kier molecular flexibility index (Phi) is 4.39. The van der Waals surface area contributed by atoms with Crippen LogP contribution < -0.4 is 4.90 Å². The Balaban J connectivity index is 2.22. The van der Waals surface area contributed by atoms with Gasteiger partial charge in [0.25, 0.3) is 0 Å². The van der Waals surface area contributed by atoms with Gasteiger partial charge in [-0.2, -0.15) is 0 Å². The molecule has 1 saturated heterocycles. The number of ether oxygens (including phenoxy) is 1. The summed E-state index contributed by atoms with van der Waals surface area (Å²) in [5.74, 6) is -1.40. The fourth-order valence-electron chi connectivity index (χ4n) is 2.27. The molecule has 0 aliphatic carbocycles. The Morgan fingerprint density at radius 3 is 2.90 bits per heavy atom. The Morgan fingerprint density at radius 2 is 2.25 bits per heavy atom. The first-order valence-corrected chi connectivity index (χ1v) is 6.56. The van der Waals surface area contributed by atoms with Gasteiger partial charge in [-0.1, -0.05) is 6.07 Å². The second kappa shape index (κ2) is 6.05. The van der Waals surface area contributed by atoms with Crippen LogP contribution in [0.2, 0.25) is 0 Å². The normalized spacial score (nSPS) is 23.2. The number of benzene rings is 1. The van der Waals surface area contributed by atoms with Gasteiger partial charge in [-0.25, -0.2) is 9.18 Å². The monoisotopic (exact) mass is 279 g/mol. The molecule has 1 aliphatic heterocycles.